The zero-order valence-electron chi connectivity index (χ0n) is 17.7. The maximum Gasteiger partial charge on any atom is 0.272 e. The summed E-state index contributed by atoms with van der Waals surface area (Å²) in [6.45, 7) is 9.37. The molecule has 154 valence electrons. The number of likely N-dealkylation sites (N-methyl/N-ethyl adjacent to an activating group) is 1. The first kappa shape index (κ1) is 21.2. The van der Waals surface area contributed by atoms with Crippen LogP contribution in [-0.2, 0) is 22.6 Å². The molecule has 2 heterocycles. The summed E-state index contributed by atoms with van der Waals surface area (Å²) in [6.07, 6.45) is 6.42. The monoisotopic (exact) mass is 402 g/mol. The number of hydrogen-bond donors (Lipinski definition) is 0. The van der Waals surface area contributed by atoms with Crippen LogP contribution >= 0.6 is 0 Å². The molecule has 3 rings (SSSR count). The predicted molar refractivity (Wildman–Crippen MR) is 120 cm³/mol. The molecular formula is C24H26N4O2. The van der Waals surface area contributed by atoms with Crippen molar-refractivity contribution in [2.24, 2.45) is 4.99 Å². The number of carbonyl (C=O) groups excluding carboxylic acids is 2. The minimum absolute atomic E-state index is 0.140. The third-order valence-corrected chi connectivity index (χ3v) is 5.36. The number of allylic oxidation sites excluding steroid dienone is 2. The SMILES string of the molecule is C=C/C(C)=C(\N=C)C(=O)N(C)Cc1cncc(-c2ccc3c(c2)CCC(=O)N3C)c1. The Hall–Kier alpha value is -3.54. The van der Waals surface area contributed by atoms with Crippen molar-refractivity contribution in [2.45, 2.75) is 26.3 Å². The number of benzene rings is 1. The number of carbonyl (C=O) groups is 2. The number of hydrogen-bond acceptors (Lipinski definition) is 4. The van der Waals surface area contributed by atoms with E-state index in [-0.39, 0.29) is 11.8 Å². The smallest absolute Gasteiger partial charge is 0.272 e. The van der Waals surface area contributed by atoms with Crippen LogP contribution in [0, 0.1) is 0 Å². The molecule has 1 aliphatic heterocycles. The fourth-order valence-electron chi connectivity index (χ4n) is 3.55. The summed E-state index contributed by atoms with van der Waals surface area (Å²) in [5.74, 6) is -0.0740. The van der Waals surface area contributed by atoms with Gasteiger partial charge in [0.1, 0.15) is 5.70 Å². The van der Waals surface area contributed by atoms with Gasteiger partial charge in [-0.25, -0.2) is 0 Å². The second-order valence-electron chi connectivity index (χ2n) is 7.43. The predicted octanol–water partition coefficient (Wildman–Crippen LogP) is 3.78. The summed E-state index contributed by atoms with van der Waals surface area (Å²) in [6, 6.07) is 8.12. The second-order valence-corrected chi connectivity index (χ2v) is 7.43. The maximum atomic E-state index is 12.7. The molecule has 6 nitrogen and oxygen atoms in total. The second kappa shape index (κ2) is 8.86. The Labute approximate surface area is 177 Å². The quantitative estimate of drug-likeness (QED) is 0.420. The van der Waals surface area contributed by atoms with Crippen molar-refractivity contribution < 1.29 is 9.59 Å². The summed E-state index contributed by atoms with van der Waals surface area (Å²) >= 11 is 0. The molecule has 30 heavy (non-hydrogen) atoms. The molecule has 0 spiro atoms. The van der Waals surface area contributed by atoms with Gasteiger partial charge >= 0.3 is 0 Å². The highest BCUT2D eigenvalue weighted by atomic mass is 16.2. The van der Waals surface area contributed by atoms with Crippen LogP contribution in [0.1, 0.15) is 24.5 Å². The van der Waals surface area contributed by atoms with E-state index in [0.717, 1.165) is 34.4 Å². The van der Waals surface area contributed by atoms with Crippen molar-refractivity contribution in [3.8, 4) is 11.1 Å². The average molecular weight is 402 g/mol. The molecular weight excluding hydrogens is 376 g/mol. The van der Waals surface area contributed by atoms with Gasteiger partial charge in [-0.3, -0.25) is 19.6 Å². The topological polar surface area (TPSA) is 65.9 Å². The highest BCUT2D eigenvalue weighted by Crippen LogP contribution is 2.31. The minimum atomic E-state index is -0.214. The van der Waals surface area contributed by atoms with Gasteiger partial charge in [0.2, 0.25) is 5.91 Å². The Kier molecular flexibility index (Phi) is 6.26. The number of nitrogens with zero attached hydrogens (tertiary/aromatic N) is 4. The lowest BCUT2D eigenvalue weighted by Crippen LogP contribution is -2.30. The molecule has 0 saturated heterocycles. The fourth-order valence-corrected chi connectivity index (χ4v) is 3.55. The van der Waals surface area contributed by atoms with Gasteiger partial charge in [-0.15, -0.1) is 0 Å². The van der Waals surface area contributed by atoms with Crippen LogP contribution in [0.4, 0.5) is 5.69 Å². The summed E-state index contributed by atoms with van der Waals surface area (Å²) in [7, 11) is 3.53. The maximum absolute atomic E-state index is 12.7. The van der Waals surface area contributed by atoms with Crippen molar-refractivity contribution in [3.63, 3.8) is 0 Å². The van der Waals surface area contributed by atoms with Gasteiger partial charge in [0.25, 0.3) is 5.91 Å². The van der Waals surface area contributed by atoms with Gasteiger partial charge in [0.15, 0.2) is 0 Å². The van der Waals surface area contributed by atoms with Crippen LogP contribution in [0.5, 0.6) is 0 Å². The molecule has 2 aromatic rings. The third kappa shape index (κ3) is 4.22. The van der Waals surface area contributed by atoms with Gasteiger partial charge < -0.3 is 9.80 Å². The van der Waals surface area contributed by atoms with E-state index in [0.29, 0.717) is 24.2 Å². The molecule has 0 unspecified atom stereocenters. The Morgan fingerprint density at radius 3 is 2.73 bits per heavy atom. The molecule has 1 aliphatic rings. The number of anilines is 1. The zero-order chi connectivity index (χ0) is 21.8. The normalized spacial score (nSPS) is 14.0. The molecule has 1 aromatic carbocycles. The number of aliphatic imine (C=N–C) groups is 1. The van der Waals surface area contributed by atoms with Gasteiger partial charge in [0.05, 0.1) is 0 Å². The lowest BCUT2D eigenvalue weighted by atomic mass is 9.96. The van der Waals surface area contributed by atoms with Crippen molar-refractivity contribution in [1.82, 2.24) is 9.88 Å². The summed E-state index contributed by atoms with van der Waals surface area (Å²) in [5.41, 5.74) is 6.01. The van der Waals surface area contributed by atoms with Gasteiger partial charge in [-0.2, -0.15) is 0 Å². The summed E-state index contributed by atoms with van der Waals surface area (Å²) in [4.78, 5) is 36.1. The van der Waals surface area contributed by atoms with Crippen LogP contribution < -0.4 is 4.90 Å². The molecule has 2 amide bonds. The molecule has 0 bridgehead atoms. The number of amides is 2. The van der Waals surface area contributed by atoms with Crippen molar-refractivity contribution >= 4 is 24.2 Å². The lowest BCUT2D eigenvalue weighted by Gasteiger charge is -2.26. The van der Waals surface area contributed by atoms with E-state index in [1.54, 1.807) is 36.0 Å². The van der Waals surface area contributed by atoms with Crippen LogP contribution in [0.2, 0.25) is 0 Å². The van der Waals surface area contributed by atoms with Gasteiger partial charge in [-0.1, -0.05) is 18.7 Å². The lowest BCUT2D eigenvalue weighted by molar-refractivity contribution is -0.126. The van der Waals surface area contributed by atoms with Crippen LogP contribution in [-0.4, -0.2) is 42.5 Å². The number of aryl methyl sites for hydroxylation is 1. The van der Waals surface area contributed by atoms with E-state index < -0.39 is 0 Å². The summed E-state index contributed by atoms with van der Waals surface area (Å²) < 4.78 is 0. The molecule has 0 fully saturated rings. The van der Waals surface area contributed by atoms with Crippen molar-refractivity contribution in [1.29, 1.82) is 0 Å². The van der Waals surface area contributed by atoms with E-state index in [9.17, 15) is 9.59 Å². The average Bonchev–Trinajstić information content (AvgIpc) is 2.76. The number of pyridine rings is 1. The molecule has 0 saturated carbocycles. The Morgan fingerprint density at radius 1 is 1.27 bits per heavy atom. The number of aromatic nitrogens is 1. The number of fused-ring (bicyclic) bond motifs is 1. The van der Waals surface area contributed by atoms with E-state index in [1.165, 1.54) is 0 Å². The van der Waals surface area contributed by atoms with Crippen LogP contribution in [0.15, 0.2) is 65.6 Å². The van der Waals surface area contributed by atoms with E-state index >= 15 is 0 Å². The zero-order valence-corrected chi connectivity index (χ0v) is 17.7. The van der Waals surface area contributed by atoms with Crippen LogP contribution in [0.3, 0.4) is 0 Å². The van der Waals surface area contributed by atoms with Crippen molar-refractivity contribution in [2.75, 3.05) is 19.0 Å². The molecule has 0 aliphatic carbocycles. The van der Waals surface area contributed by atoms with E-state index in [1.807, 2.05) is 31.4 Å². The molecule has 6 heteroatoms. The molecule has 0 radical (unpaired) electrons. The highest BCUT2D eigenvalue weighted by Gasteiger charge is 2.21. The molecule has 1 aromatic heterocycles. The highest BCUT2D eigenvalue weighted by molar-refractivity contribution is 5.96. The Bertz CT molecular complexity index is 1050. The largest absolute Gasteiger partial charge is 0.336 e. The van der Waals surface area contributed by atoms with Crippen LogP contribution in [0.25, 0.3) is 11.1 Å². The van der Waals surface area contributed by atoms with Crippen molar-refractivity contribution in [3.05, 3.63) is 71.7 Å². The number of rotatable bonds is 6. The third-order valence-electron chi connectivity index (χ3n) is 5.36. The first-order valence-electron chi connectivity index (χ1n) is 9.75. The Balaban J connectivity index is 1.83. The van der Waals surface area contributed by atoms with E-state index in [4.69, 9.17) is 0 Å². The standard InChI is InChI=1S/C24H26N4O2/c1-6-16(2)23(25-3)24(30)27(4)15-17-11-20(14-26-13-17)18-7-9-21-19(12-18)8-10-22(29)28(21)5/h6-7,9,11-14H,1,3,8,10,15H2,2,4-5H3/b23-16-. The molecule has 0 atom stereocenters. The minimum Gasteiger partial charge on any atom is -0.336 e. The Morgan fingerprint density at radius 2 is 2.03 bits per heavy atom. The van der Waals surface area contributed by atoms with Gasteiger partial charge in [-0.05, 0) is 60.5 Å². The first-order chi connectivity index (χ1) is 14.3. The van der Waals surface area contributed by atoms with E-state index in [2.05, 4.69) is 29.3 Å². The summed E-state index contributed by atoms with van der Waals surface area (Å²) in [5, 5.41) is 0. The fraction of sp³-hybridized carbons (Fsp3) is 0.250. The van der Waals surface area contributed by atoms with Gasteiger partial charge in [0, 0.05) is 50.7 Å². The first-order valence-corrected chi connectivity index (χ1v) is 9.75. The molecule has 0 N–H and O–H groups in total.